The summed E-state index contributed by atoms with van der Waals surface area (Å²) in [5.41, 5.74) is 6.30. The summed E-state index contributed by atoms with van der Waals surface area (Å²) in [6.07, 6.45) is 14.7. The third kappa shape index (κ3) is 2.99. The average molecular weight is 476 g/mol. The number of hydrogen-bond acceptors (Lipinski definition) is 3. The van der Waals surface area contributed by atoms with Crippen LogP contribution in [0.2, 0.25) is 0 Å². The number of carbonyl (C=O) groups is 1. The van der Waals surface area contributed by atoms with E-state index in [0.717, 1.165) is 29.6 Å². The lowest BCUT2D eigenvalue weighted by atomic mass is 9.34. The molecule has 5 aliphatic carbocycles. The fourth-order valence-electron chi connectivity index (χ4n) is 9.26. The number of nitrogens with zero attached hydrogens (tertiary/aromatic N) is 1. The van der Waals surface area contributed by atoms with Crippen molar-refractivity contribution in [1.82, 2.24) is 4.90 Å². The van der Waals surface area contributed by atoms with Gasteiger partial charge in [-0.2, -0.15) is 0 Å². The summed E-state index contributed by atoms with van der Waals surface area (Å²) in [4.78, 5) is 14.9. The van der Waals surface area contributed by atoms with E-state index < -0.39 is 0 Å². The van der Waals surface area contributed by atoms with Crippen molar-refractivity contribution in [2.24, 2.45) is 33.0 Å². The van der Waals surface area contributed by atoms with Crippen LogP contribution in [-0.2, 0) is 4.79 Å². The van der Waals surface area contributed by atoms with Crippen molar-refractivity contribution in [3.05, 3.63) is 58.6 Å². The van der Waals surface area contributed by atoms with E-state index in [-0.39, 0.29) is 33.2 Å². The molecule has 3 fully saturated rings. The maximum Gasteiger partial charge on any atom is 0.220 e. The third-order valence-corrected chi connectivity index (χ3v) is 12.1. The van der Waals surface area contributed by atoms with Gasteiger partial charge in [0.05, 0.1) is 0 Å². The van der Waals surface area contributed by atoms with Gasteiger partial charge in [0.1, 0.15) is 0 Å². The second-order valence-corrected chi connectivity index (χ2v) is 14.0. The number of aliphatic hydroxyl groups excluding tert-OH is 1. The number of carbonyl (C=O) groups excluding carboxylic acids is 1. The molecular formula is C32H45NO2. The maximum atomic E-state index is 12.7. The van der Waals surface area contributed by atoms with E-state index in [2.05, 4.69) is 72.3 Å². The minimum absolute atomic E-state index is 0.0743. The largest absolute Gasteiger partial charge is 0.504 e. The van der Waals surface area contributed by atoms with Crippen molar-refractivity contribution in [3.8, 4) is 0 Å². The zero-order valence-corrected chi connectivity index (χ0v) is 23.3. The van der Waals surface area contributed by atoms with E-state index in [1.54, 1.807) is 6.08 Å². The highest BCUT2D eigenvalue weighted by atomic mass is 16.3. The molecular weight excluding hydrogens is 430 g/mol. The second-order valence-electron chi connectivity index (χ2n) is 14.0. The van der Waals surface area contributed by atoms with Gasteiger partial charge in [0.15, 0.2) is 5.76 Å². The van der Waals surface area contributed by atoms with Gasteiger partial charge in [-0.25, -0.2) is 0 Å². The van der Waals surface area contributed by atoms with Gasteiger partial charge in [0.2, 0.25) is 5.78 Å². The molecule has 0 heterocycles. The fraction of sp³-hybridized carbons (Fsp3) is 0.656. The fourth-order valence-corrected chi connectivity index (χ4v) is 9.26. The van der Waals surface area contributed by atoms with Crippen molar-refractivity contribution in [2.75, 3.05) is 14.1 Å². The van der Waals surface area contributed by atoms with Crippen LogP contribution in [0.25, 0.3) is 0 Å². The molecule has 190 valence electrons. The van der Waals surface area contributed by atoms with Gasteiger partial charge in [-0.05, 0) is 91.3 Å². The molecule has 0 aromatic carbocycles. The van der Waals surface area contributed by atoms with Crippen molar-refractivity contribution in [3.63, 3.8) is 0 Å². The van der Waals surface area contributed by atoms with Crippen LogP contribution in [0.5, 0.6) is 0 Å². The Morgan fingerprint density at radius 1 is 1.00 bits per heavy atom. The number of rotatable bonds is 2. The highest BCUT2D eigenvalue weighted by Crippen LogP contribution is 2.75. The standard InChI is InChI=1S/C32H45NO2/c1-20-22-10-11-25-30(5,23(22)18-24(34)27(20)35)15-17-32(7)26-19-29(4,21(2)33(8)9)13-12-28(26,3)14-16-31(25,32)6/h10-11,18,26,35H,2,12-17,19H2,1,3-9H3/t26-,28-,29-,30+,31-,32+/m1/s1. The van der Waals surface area contributed by atoms with Crippen LogP contribution in [0.15, 0.2) is 58.6 Å². The Balaban J connectivity index is 1.62. The normalized spacial score (nSPS) is 44.7. The van der Waals surface area contributed by atoms with E-state index in [9.17, 15) is 9.90 Å². The quantitative estimate of drug-likeness (QED) is 0.445. The lowest BCUT2D eigenvalue weighted by molar-refractivity contribution is -0.158. The van der Waals surface area contributed by atoms with Gasteiger partial charge in [-0.15, -0.1) is 0 Å². The molecule has 5 rings (SSSR count). The lowest BCUT2D eigenvalue weighted by Crippen LogP contribution is -2.62. The Bertz CT molecular complexity index is 1150. The molecule has 0 spiro atoms. The Morgan fingerprint density at radius 3 is 2.31 bits per heavy atom. The topological polar surface area (TPSA) is 40.5 Å². The average Bonchev–Trinajstić information content (AvgIpc) is 2.80. The highest BCUT2D eigenvalue weighted by molar-refractivity contribution is 6.06. The first-order chi connectivity index (χ1) is 16.1. The molecule has 3 nitrogen and oxygen atoms in total. The van der Waals surface area contributed by atoms with Crippen LogP contribution in [0, 0.1) is 33.0 Å². The lowest BCUT2D eigenvalue weighted by Gasteiger charge is -2.70. The molecule has 5 aliphatic rings. The first-order valence-electron chi connectivity index (χ1n) is 13.6. The van der Waals surface area contributed by atoms with E-state index in [0.29, 0.717) is 11.3 Å². The zero-order valence-electron chi connectivity index (χ0n) is 23.3. The van der Waals surface area contributed by atoms with E-state index in [1.165, 1.54) is 43.4 Å². The molecule has 0 radical (unpaired) electrons. The van der Waals surface area contributed by atoms with Gasteiger partial charge in [-0.3, -0.25) is 4.79 Å². The number of aliphatic hydroxyl groups is 1. The number of fused-ring (bicyclic) bond motifs is 7. The Labute approximate surface area is 212 Å². The van der Waals surface area contributed by atoms with Crippen LogP contribution >= 0.6 is 0 Å². The van der Waals surface area contributed by atoms with Crippen molar-refractivity contribution < 1.29 is 9.90 Å². The first-order valence-corrected chi connectivity index (χ1v) is 13.6. The minimum Gasteiger partial charge on any atom is -0.504 e. The number of allylic oxidation sites excluding steroid dienone is 8. The SMILES string of the molecule is C=C(N(C)C)[C@]1(C)CC[C@]2(C)CC[C@]3(C)C4=CC=C5C(=CC(=O)C(O)=C5C)[C@]4(C)CC[C@@]3(C)[C@@H]2C1. The molecule has 0 aliphatic heterocycles. The molecule has 0 saturated heterocycles. The van der Waals surface area contributed by atoms with Crippen LogP contribution in [0.4, 0.5) is 0 Å². The summed E-state index contributed by atoms with van der Waals surface area (Å²) in [6.45, 7) is 18.9. The Morgan fingerprint density at radius 2 is 1.66 bits per heavy atom. The van der Waals surface area contributed by atoms with Crippen LogP contribution < -0.4 is 0 Å². The molecule has 1 N–H and O–H groups in total. The van der Waals surface area contributed by atoms with Crippen LogP contribution in [0.1, 0.15) is 86.5 Å². The smallest absolute Gasteiger partial charge is 0.220 e. The summed E-state index contributed by atoms with van der Waals surface area (Å²) in [5, 5.41) is 10.3. The molecule has 6 atom stereocenters. The predicted molar refractivity (Wildman–Crippen MR) is 144 cm³/mol. The van der Waals surface area contributed by atoms with E-state index >= 15 is 0 Å². The highest BCUT2D eigenvalue weighted by Gasteiger charge is 2.66. The maximum absolute atomic E-state index is 12.7. The Hall–Kier alpha value is -2.03. The van der Waals surface area contributed by atoms with Crippen LogP contribution in [-0.4, -0.2) is 29.9 Å². The van der Waals surface area contributed by atoms with Gasteiger partial charge in [-0.1, -0.05) is 58.9 Å². The number of hydrogen-bond donors (Lipinski definition) is 1. The van der Waals surface area contributed by atoms with E-state index in [1.807, 2.05) is 6.92 Å². The van der Waals surface area contributed by atoms with E-state index in [4.69, 9.17) is 0 Å². The second kappa shape index (κ2) is 7.26. The summed E-state index contributed by atoms with van der Waals surface area (Å²) in [6, 6.07) is 0. The molecule has 0 aromatic rings. The molecule has 0 aromatic heterocycles. The molecule has 0 amide bonds. The summed E-state index contributed by atoms with van der Waals surface area (Å²) < 4.78 is 0. The van der Waals surface area contributed by atoms with Crippen molar-refractivity contribution in [2.45, 2.75) is 86.5 Å². The molecule has 3 heteroatoms. The van der Waals surface area contributed by atoms with Crippen LogP contribution in [0.3, 0.4) is 0 Å². The van der Waals surface area contributed by atoms with Gasteiger partial charge < -0.3 is 10.0 Å². The molecule has 0 bridgehead atoms. The third-order valence-electron chi connectivity index (χ3n) is 12.1. The van der Waals surface area contributed by atoms with Crippen molar-refractivity contribution >= 4 is 5.78 Å². The summed E-state index contributed by atoms with van der Waals surface area (Å²) >= 11 is 0. The number of ketones is 1. The van der Waals surface area contributed by atoms with Gasteiger partial charge in [0, 0.05) is 36.2 Å². The molecule has 3 saturated carbocycles. The molecule has 0 unspecified atom stereocenters. The van der Waals surface area contributed by atoms with Crippen molar-refractivity contribution in [1.29, 1.82) is 0 Å². The summed E-state index contributed by atoms with van der Waals surface area (Å²) in [7, 11) is 4.29. The monoisotopic (exact) mass is 475 g/mol. The summed E-state index contributed by atoms with van der Waals surface area (Å²) in [5.74, 6) is 0.299. The first kappa shape index (κ1) is 24.7. The van der Waals surface area contributed by atoms with Gasteiger partial charge in [0.25, 0.3) is 0 Å². The zero-order chi connectivity index (χ0) is 25.8. The molecule has 35 heavy (non-hydrogen) atoms. The Kier molecular flexibility index (Phi) is 5.12. The minimum atomic E-state index is -0.239. The van der Waals surface area contributed by atoms with Gasteiger partial charge >= 0.3 is 0 Å². The predicted octanol–water partition coefficient (Wildman–Crippen LogP) is 7.69.